The van der Waals surface area contributed by atoms with E-state index in [1.807, 2.05) is 0 Å². The van der Waals surface area contributed by atoms with Gasteiger partial charge in [-0.25, -0.2) is 0 Å². The second-order valence-electron chi connectivity index (χ2n) is 4.36. The monoisotopic (exact) mass is 172 g/mol. The molecule has 0 aliphatic carbocycles. The van der Waals surface area contributed by atoms with E-state index in [1.165, 1.54) is 0 Å². The van der Waals surface area contributed by atoms with Crippen LogP contribution in [-0.4, -0.2) is 41.3 Å². The maximum absolute atomic E-state index is 8.91. The number of nitrogens with zero attached hydrogens (tertiary/aromatic N) is 1. The quantitative estimate of drug-likeness (QED) is 0.625. The Morgan fingerprint density at radius 2 is 2.08 bits per heavy atom. The van der Waals surface area contributed by atoms with Gasteiger partial charge in [0.05, 0.1) is 0 Å². The summed E-state index contributed by atoms with van der Waals surface area (Å²) in [5, 5.41) is 8.91. The SMILES string of the molecule is CN1CCC(N)(CCO)C1(C)C. The van der Waals surface area contributed by atoms with E-state index in [-0.39, 0.29) is 17.7 Å². The van der Waals surface area contributed by atoms with Crippen molar-refractivity contribution >= 4 is 0 Å². The first-order valence-electron chi connectivity index (χ1n) is 4.55. The van der Waals surface area contributed by atoms with E-state index in [2.05, 4.69) is 25.8 Å². The molecule has 0 saturated carbocycles. The summed E-state index contributed by atoms with van der Waals surface area (Å²) >= 11 is 0. The van der Waals surface area contributed by atoms with Crippen LogP contribution in [0, 0.1) is 0 Å². The molecule has 0 aromatic carbocycles. The normalized spacial score (nSPS) is 35.8. The zero-order valence-corrected chi connectivity index (χ0v) is 8.30. The summed E-state index contributed by atoms with van der Waals surface area (Å²) < 4.78 is 0. The number of aliphatic hydroxyl groups excluding tert-OH is 1. The van der Waals surface area contributed by atoms with Gasteiger partial charge in [-0.1, -0.05) is 0 Å². The topological polar surface area (TPSA) is 49.5 Å². The van der Waals surface area contributed by atoms with E-state index in [0.717, 1.165) is 13.0 Å². The smallest absolute Gasteiger partial charge is 0.0449 e. The maximum Gasteiger partial charge on any atom is 0.0449 e. The van der Waals surface area contributed by atoms with E-state index < -0.39 is 0 Å². The number of hydrogen-bond donors (Lipinski definition) is 2. The van der Waals surface area contributed by atoms with E-state index in [9.17, 15) is 0 Å². The maximum atomic E-state index is 8.91. The van der Waals surface area contributed by atoms with Crippen LogP contribution in [0.25, 0.3) is 0 Å². The molecule has 0 spiro atoms. The second-order valence-corrected chi connectivity index (χ2v) is 4.36. The Hall–Kier alpha value is -0.120. The molecule has 0 radical (unpaired) electrons. The minimum absolute atomic E-state index is 0.00965. The average Bonchev–Trinajstić information content (AvgIpc) is 2.16. The first-order chi connectivity index (χ1) is 5.44. The van der Waals surface area contributed by atoms with Crippen molar-refractivity contribution in [1.29, 1.82) is 0 Å². The second kappa shape index (κ2) is 2.98. The zero-order valence-electron chi connectivity index (χ0n) is 8.30. The van der Waals surface area contributed by atoms with Crippen LogP contribution in [0.4, 0.5) is 0 Å². The molecule has 0 aromatic heterocycles. The molecule has 1 unspecified atom stereocenters. The largest absolute Gasteiger partial charge is 0.396 e. The van der Waals surface area contributed by atoms with Gasteiger partial charge >= 0.3 is 0 Å². The first-order valence-corrected chi connectivity index (χ1v) is 4.55. The van der Waals surface area contributed by atoms with Gasteiger partial charge in [0, 0.05) is 24.2 Å². The van der Waals surface area contributed by atoms with E-state index in [4.69, 9.17) is 10.8 Å². The molecule has 1 rings (SSSR count). The van der Waals surface area contributed by atoms with Crippen molar-refractivity contribution in [1.82, 2.24) is 4.90 Å². The van der Waals surface area contributed by atoms with Crippen LogP contribution < -0.4 is 5.73 Å². The summed E-state index contributed by atoms with van der Waals surface area (Å²) in [5.41, 5.74) is 6.03. The summed E-state index contributed by atoms with van der Waals surface area (Å²) in [6, 6.07) is 0. The number of aliphatic hydroxyl groups is 1. The Kier molecular flexibility index (Phi) is 2.47. The van der Waals surface area contributed by atoms with Crippen molar-refractivity contribution < 1.29 is 5.11 Å². The van der Waals surface area contributed by atoms with Crippen LogP contribution in [-0.2, 0) is 0 Å². The van der Waals surface area contributed by atoms with Gasteiger partial charge in [0.15, 0.2) is 0 Å². The Morgan fingerprint density at radius 1 is 1.50 bits per heavy atom. The van der Waals surface area contributed by atoms with Crippen molar-refractivity contribution in [3.05, 3.63) is 0 Å². The molecular weight excluding hydrogens is 152 g/mol. The highest BCUT2D eigenvalue weighted by atomic mass is 16.3. The molecule has 1 saturated heterocycles. The highest BCUT2D eigenvalue weighted by Crippen LogP contribution is 2.37. The van der Waals surface area contributed by atoms with Gasteiger partial charge in [-0.2, -0.15) is 0 Å². The number of likely N-dealkylation sites (N-methyl/N-ethyl adjacent to an activating group) is 1. The van der Waals surface area contributed by atoms with Crippen LogP contribution in [0.1, 0.15) is 26.7 Å². The van der Waals surface area contributed by atoms with Gasteiger partial charge in [0.25, 0.3) is 0 Å². The number of hydrogen-bond acceptors (Lipinski definition) is 3. The third kappa shape index (κ3) is 1.26. The van der Waals surface area contributed by atoms with E-state index >= 15 is 0 Å². The lowest BCUT2D eigenvalue weighted by molar-refractivity contribution is 0.122. The average molecular weight is 172 g/mol. The van der Waals surface area contributed by atoms with Crippen LogP contribution in [0.2, 0.25) is 0 Å². The molecule has 12 heavy (non-hydrogen) atoms. The Balaban J connectivity index is 2.78. The molecule has 3 heteroatoms. The van der Waals surface area contributed by atoms with Gasteiger partial charge in [-0.15, -0.1) is 0 Å². The molecular formula is C9H20N2O. The van der Waals surface area contributed by atoms with E-state index in [0.29, 0.717) is 6.42 Å². The summed E-state index contributed by atoms with van der Waals surface area (Å²) in [6.45, 7) is 5.52. The molecule has 1 aliphatic heterocycles. The zero-order chi connectivity index (χ0) is 9.41. The fraction of sp³-hybridized carbons (Fsp3) is 1.00. The van der Waals surface area contributed by atoms with Crippen LogP contribution >= 0.6 is 0 Å². The highest BCUT2D eigenvalue weighted by Gasteiger charge is 2.48. The molecule has 72 valence electrons. The number of rotatable bonds is 2. The van der Waals surface area contributed by atoms with Crippen LogP contribution in [0.3, 0.4) is 0 Å². The predicted octanol–water partition coefficient (Wildman–Crippen LogP) is 0.180. The van der Waals surface area contributed by atoms with Crippen LogP contribution in [0.5, 0.6) is 0 Å². The first kappa shape index (κ1) is 9.96. The fourth-order valence-electron chi connectivity index (χ4n) is 1.96. The third-order valence-electron chi connectivity index (χ3n) is 3.62. The van der Waals surface area contributed by atoms with Crippen molar-refractivity contribution in [3.63, 3.8) is 0 Å². The molecule has 1 heterocycles. The minimum atomic E-state index is -0.212. The summed E-state index contributed by atoms with van der Waals surface area (Å²) in [5.74, 6) is 0. The molecule has 1 fully saturated rings. The van der Waals surface area contributed by atoms with E-state index in [1.54, 1.807) is 0 Å². The summed E-state index contributed by atoms with van der Waals surface area (Å²) in [7, 11) is 2.09. The van der Waals surface area contributed by atoms with Gasteiger partial charge in [-0.05, 0) is 33.7 Å². The van der Waals surface area contributed by atoms with Gasteiger partial charge in [0.2, 0.25) is 0 Å². The van der Waals surface area contributed by atoms with Gasteiger partial charge in [0.1, 0.15) is 0 Å². The Bertz CT molecular complexity index is 166. The van der Waals surface area contributed by atoms with Crippen molar-refractivity contribution in [3.8, 4) is 0 Å². The Morgan fingerprint density at radius 3 is 2.42 bits per heavy atom. The molecule has 0 aromatic rings. The standard InChI is InChI=1S/C9H20N2O/c1-8(2)9(10,5-7-12)4-6-11(8)3/h12H,4-7,10H2,1-3H3. The summed E-state index contributed by atoms with van der Waals surface area (Å²) in [4.78, 5) is 2.27. The van der Waals surface area contributed by atoms with Crippen molar-refractivity contribution in [2.24, 2.45) is 5.73 Å². The molecule has 3 N–H and O–H groups in total. The van der Waals surface area contributed by atoms with Gasteiger partial charge in [-0.3, -0.25) is 4.90 Å². The van der Waals surface area contributed by atoms with Crippen molar-refractivity contribution in [2.75, 3.05) is 20.2 Å². The lowest BCUT2D eigenvalue weighted by Crippen LogP contribution is -2.58. The fourth-order valence-corrected chi connectivity index (χ4v) is 1.96. The molecule has 3 nitrogen and oxygen atoms in total. The molecule has 0 bridgehead atoms. The number of nitrogens with two attached hydrogens (primary N) is 1. The third-order valence-corrected chi connectivity index (χ3v) is 3.62. The minimum Gasteiger partial charge on any atom is -0.396 e. The van der Waals surface area contributed by atoms with Gasteiger partial charge < -0.3 is 10.8 Å². The lowest BCUT2D eigenvalue weighted by atomic mass is 9.79. The number of likely N-dealkylation sites (tertiary alicyclic amines) is 1. The Labute approximate surface area is 74.5 Å². The van der Waals surface area contributed by atoms with Crippen molar-refractivity contribution in [2.45, 2.75) is 37.8 Å². The molecule has 1 atom stereocenters. The molecule has 0 amide bonds. The summed E-state index contributed by atoms with van der Waals surface area (Å²) in [6.07, 6.45) is 1.68. The molecule has 1 aliphatic rings. The highest BCUT2D eigenvalue weighted by molar-refractivity contribution is 5.09. The lowest BCUT2D eigenvalue weighted by Gasteiger charge is -2.41. The predicted molar refractivity (Wildman–Crippen MR) is 49.9 cm³/mol. The van der Waals surface area contributed by atoms with Crippen LogP contribution in [0.15, 0.2) is 0 Å².